The molecule has 0 spiro atoms. The first-order valence-electron chi connectivity index (χ1n) is 7.30. The third-order valence-corrected chi connectivity index (χ3v) is 3.74. The number of para-hydroxylation sites is 1. The Morgan fingerprint density at radius 2 is 1.78 bits per heavy atom. The van der Waals surface area contributed by atoms with Crippen LogP contribution in [0.4, 0.5) is 24.5 Å². The second-order valence-corrected chi connectivity index (χ2v) is 5.22. The number of nitrogens with one attached hydrogen (secondary N) is 1. The van der Waals surface area contributed by atoms with Crippen LogP contribution in [0, 0.1) is 0 Å². The van der Waals surface area contributed by atoms with Gasteiger partial charge in [-0.05, 0) is 42.3 Å². The van der Waals surface area contributed by atoms with Gasteiger partial charge < -0.3 is 5.32 Å². The fourth-order valence-electron chi connectivity index (χ4n) is 2.53. The van der Waals surface area contributed by atoms with Crippen molar-refractivity contribution in [3.05, 3.63) is 65.9 Å². The topological polar surface area (TPSA) is 24.9 Å². The first kappa shape index (κ1) is 15.3. The summed E-state index contributed by atoms with van der Waals surface area (Å²) in [5.41, 5.74) is 2.45. The number of hydrogen-bond acceptors (Lipinski definition) is 2. The average Bonchev–Trinajstić information content (AvgIpc) is 2.54. The van der Waals surface area contributed by atoms with E-state index < -0.39 is 11.7 Å². The molecule has 0 radical (unpaired) electrons. The standard InChI is InChI=1S/C18H15F3N2/c1-2-12-5-3-4-6-15(12)23-17-9-10-22-16-8-7-13(11-14(16)17)18(19,20)21/h3-11H,2H2,1H3,(H,22,23). The molecule has 0 atom stereocenters. The number of rotatable bonds is 3. The summed E-state index contributed by atoms with van der Waals surface area (Å²) in [6, 6.07) is 13.0. The van der Waals surface area contributed by atoms with Gasteiger partial charge in [0.15, 0.2) is 0 Å². The predicted molar refractivity (Wildman–Crippen MR) is 85.8 cm³/mol. The normalized spacial score (nSPS) is 11.7. The van der Waals surface area contributed by atoms with Crippen LogP contribution in [0.5, 0.6) is 0 Å². The number of pyridine rings is 1. The maximum Gasteiger partial charge on any atom is 0.416 e. The molecule has 0 unspecified atom stereocenters. The van der Waals surface area contributed by atoms with Crippen molar-refractivity contribution in [2.45, 2.75) is 19.5 Å². The smallest absolute Gasteiger partial charge is 0.355 e. The molecule has 0 amide bonds. The molecule has 2 nitrogen and oxygen atoms in total. The minimum atomic E-state index is -4.37. The summed E-state index contributed by atoms with van der Waals surface area (Å²) in [5.74, 6) is 0. The van der Waals surface area contributed by atoms with Crippen molar-refractivity contribution >= 4 is 22.3 Å². The molecule has 23 heavy (non-hydrogen) atoms. The Morgan fingerprint density at radius 1 is 1.00 bits per heavy atom. The quantitative estimate of drug-likeness (QED) is 0.684. The Balaban J connectivity index is 2.10. The zero-order chi connectivity index (χ0) is 16.4. The lowest BCUT2D eigenvalue weighted by atomic mass is 10.1. The molecule has 0 aliphatic carbocycles. The van der Waals surface area contributed by atoms with Crippen molar-refractivity contribution in [3.63, 3.8) is 0 Å². The molecule has 2 aromatic carbocycles. The first-order valence-corrected chi connectivity index (χ1v) is 7.30. The summed E-state index contributed by atoms with van der Waals surface area (Å²) >= 11 is 0. The average molecular weight is 316 g/mol. The number of hydrogen-bond donors (Lipinski definition) is 1. The molecular weight excluding hydrogens is 301 g/mol. The zero-order valence-corrected chi connectivity index (χ0v) is 12.5. The molecular formula is C18H15F3N2. The highest BCUT2D eigenvalue weighted by Crippen LogP contribution is 2.34. The lowest BCUT2D eigenvalue weighted by molar-refractivity contribution is -0.137. The van der Waals surface area contributed by atoms with Crippen LogP contribution in [0.25, 0.3) is 10.9 Å². The fraction of sp³-hybridized carbons (Fsp3) is 0.167. The summed E-state index contributed by atoms with van der Waals surface area (Å²) in [6.45, 7) is 2.03. The number of fused-ring (bicyclic) bond motifs is 1. The monoisotopic (exact) mass is 316 g/mol. The molecule has 0 aliphatic heterocycles. The summed E-state index contributed by atoms with van der Waals surface area (Å²) in [4.78, 5) is 4.14. The molecule has 0 fully saturated rings. The molecule has 3 aromatic rings. The van der Waals surface area contributed by atoms with Crippen molar-refractivity contribution in [2.75, 3.05) is 5.32 Å². The number of alkyl halides is 3. The molecule has 0 aliphatic rings. The van der Waals surface area contributed by atoms with Crippen molar-refractivity contribution in [3.8, 4) is 0 Å². The van der Waals surface area contributed by atoms with Gasteiger partial charge in [-0.3, -0.25) is 4.98 Å². The van der Waals surface area contributed by atoms with E-state index in [-0.39, 0.29) is 0 Å². The van der Waals surface area contributed by atoms with E-state index in [1.54, 1.807) is 12.3 Å². The van der Waals surface area contributed by atoms with Gasteiger partial charge in [0.1, 0.15) is 0 Å². The Kier molecular flexibility index (Phi) is 3.94. The van der Waals surface area contributed by atoms with E-state index in [1.807, 2.05) is 31.2 Å². The van der Waals surface area contributed by atoms with E-state index in [0.717, 1.165) is 29.8 Å². The molecule has 0 bridgehead atoms. The number of halogens is 3. The van der Waals surface area contributed by atoms with Crippen LogP contribution in [0.3, 0.4) is 0 Å². The molecule has 118 valence electrons. The van der Waals surface area contributed by atoms with Gasteiger partial charge in [0.2, 0.25) is 0 Å². The van der Waals surface area contributed by atoms with Crippen molar-refractivity contribution in [1.29, 1.82) is 0 Å². The molecule has 1 aromatic heterocycles. The van der Waals surface area contributed by atoms with E-state index in [0.29, 0.717) is 16.6 Å². The van der Waals surface area contributed by atoms with Gasteiger partial charge in [-0.1, -0.05) is 25.1 Å². The molecule has 1 N–H and O–H groups in total. The summed E-state index contributed by atoms with van der Waals surface area (Å²) in [6.07, 6.45) is -1.95. The van der Waals surface area contributed by atoms with Gasteiger partial charge in [0, 0.05) is 23.0 Å². The van der Waals surface area contributed by atoms with Gasteiger partial charge in [-0.15, -0.1) is 0 Å². The third-order valence-electron chi connectivity index (χ3n) is 3.74. The van der Waals surface area contributed by atoms with Gasteiger partial charge in [-0.2, -0.15) is 13.2 Å². The van der Waals surface area contributed by atoms with E-state index in [4.69, 9.17) is 0 Å². The van der Waals surface area contributed by atoms with Crippen LogP contribution in [0.2, 0.25) is 0 Å². The number of aromatic nitrogens is 1. The van der Waals surface area contributed by atoms with Gasteiger partial charge in [0.05, 0.1) is 11.1 Å². The third kappa shape index (κ3) is 3.13. The first-order chi connectivity index (χ1) is 11.0. The highest BCUT2D eigenvalue weighted by atomic mass is 19.4. The van der Waals surface area contributed by atoms with E-state index >= 15 is 0 Å². The fourth-order valence-corrected chi connectivity index (χ4v) is 2.53. The lowest BCUT2D eigenvalue weighted by Crippen LogP contribution is -2.05. The van der Waals surface area contributed by atoms with Crippen LogP contribution >= 0.6 is 0 Å². The molecule has 0 saturated heterocycles. The summed E-state index contributed by atoms with van der Waals surface area (Å²) < 4.78 is 38.9. The second-order valence-electron chi connectivity index (χ2n) is 5.22. The number of aryl methyl sites for hydroxylation is 1. The van der Waals surface area contributed by atoms with Gasteiger partial charge >= 0.3 is 6.18 Å². The summed E-state index contributed by atoms with van der Waals surface area (Å²) in [7, 11) is 0. The van der Waals surface area contributed by atoms with Crippen LogP contribution in [-0.2, 0) is 12.6 Å². The molecule has 1 heterocycles. The Labute approximate surface area is 132 Å². The SMILES string of the molecule is CCc1ccccc1Nc1ccnc2ccc(C(F)(F)F)cc12. The number of anilines is 2. The predicted octanol–water partition coefficient (Wildman–Crippen LogP) is 5.56. The minimum Gasteiger partial charge on any atom is -0.355 e. The van der Waals surface area contributed by atoms with Crippen LogP contribution in [0.15, 0.2) is 54.7 Å². The highest BCUT2D eigenvalue weighted by Gasteiger charge is 2.30. The molecule has 0 saturated carbocycles. The number of nitrogens with zero attached hydrogens (tertiary/aromatic N) is 1. The Morgan fingerprint density at radius 3 is 2.52 bits per heavy atom. The van der Waals surface area contributed by atoms with Crippen molar-refractivity contribution in [1.82, 2.24) is 4.98 Å². The second kappa shape index (κ2) is 5.91. The Hall–Kier alpha value is -2.56. The largest absolute Gasteiger partial charge is 0.416 e. The molecule has 3 rings (SSSR count). The van der Waals surface area contributed by atoms with Crippen LogP contribution in [0.1, 0.15) is 18.1 Å². The lowest BCUT2D eigenvalue weighted by Gasteiger charge is -2.14. The van der Waals surface area contributed by atoms with E-state index in [9.17, 15) is 13.2 Å². The van der Waals surface area contributed by atoms with E-state index in [2.05, 4.69) is 10.3 Å². The number of benzene rings is 2. The van der Waals surface area contributed by atoms with Crippen LogP contribution < -0.4 is 5.32 Å². The van der Waals surface area contributed by atoms with Gasteiger partial charge in [-0.25, -0.2) is 0 Å². The maximum absolute atomic E-state index is 13.0. The minimum absolute atomic E-state index is 0.452. The van der Waals surface area contributed by atoms with E-state index in [1.165, 1.54) is 6.07 Å². The Bertz CT molecular complexity index is 841. The highest BCUT2D eigenvalue weighted by molar-refractivity contribution is 5.93. The van der Waals surface area contributed by atoms with Crippen molar-refractivity contribution in [2.24, 2.45) is 0 Å². The zero-order valence-electron chi connectivity index (χ0n) is 12.5. The van der Waals surface area contributed by atoms with Crippen molar-refractivity contribution < 1.29 is 13.2 Å². The summed E-state index contributed by atoms with van der Waals surface area (Å²) in [5, 5.41) is 3.69. The van der Waals surface area contributed by atoms with Crippen LogP contribution in [-0.4, -0.2) is 4.98 Å². The maximum atomic E-state index is 13.0. The van der Waals surface area contributed by atoms with Gasteiger partial charge in [0.25, 0.3) is 0 Å². The molecule has 5 heteroatoms.